The fourth-order valence-electron chi connectivity index (χ4n) is 2.54. The normalized spacial score (nSPS) is 11.3. The first-order valence-electron chi connectivity index (χ1n) is 9.59. The van der Waals surface area contributed by atoms with Crippen molar-refractivity contribution in [3.8, 4) is 0 Å². The van der Waals surface area contributed by atoms with Gasteiger partial charge in [0.1, 0.15) is 0 Å². The van der Waals surface area contributed by atoms with Crippen LogP contribution in [0.4, 0.5) is 5.69 Å². The molecule has 3 N–H and O–H groups in total. The zero-order chi connectivity index (χ0) is 19.3. The lowest BCUT2D eigenvalue weighted by Gasteiger charge is -2.11. The van der Waals surface area contributed by atoms with Gasteiger partial charge in [-0.15, -0.1) is 0 Å². The highest BCUT2D eigenvalue weighted by molar-refractivity contribution is 5.90. The highest BCUT2D eigenvalue weighted by Crippen LogP contribution is 2.11. The third kappa shape index (κ3) is 7.94. The molecule has 1 amide bonds. The minimum atomic E-state index is 0.0528. The van der Waals surface area contributed by atoms with Crippen molar-refractivity contribution in [3.63, 3.8) is 0 Å². The number of benzene rings is 1. The van der Waals surface area contributed by atoms with E-state index in [4.69, 9.17) is 0 Å². The topological polar surface area (TPSA) is 83.3 Å². The number of carbonyl (C=O) groups excluding carboxylic acids is 1. The molecule has 0 aliphatic heterocycles. The summed E-state index contributed by atoms with van der Waals surface area (Å²) in [7, 11) is 0. The average molecular weight is 371 g/mol. The van der Waals surface area contributed by atoms with Gasteiger partial charge in [0.05, 0.1) is 6.54 Å². The van der Waals surface area contributed by atoms with Crippen molar-refractivity contribution in [1.29, 1.82) is 0 Å². The van der Waals surface area contributed by atoms with Gasteiger partial charge in [-0.1, -0.05) is 19.1 Å². The van der Waals surface area contributed by atoms with Crippen LogP contribution in [0.3, 0.4) is 0 Å². The highest BCUT2D eigenvalue weighted by atomic mass is 16.1. The molecular formula is C20H30N6O. The maximum Gasteiger partial charge on any atom is 0.224 e. The number of aryl methyl sites for hydroxylation is 1. The molecular weight excluding hydrogens is 340 g/mol. The van der Waals surface area contributed by atoms with E-state index in [9.17, 15) is 4.79 Å². The number of aliphatic imine (C=N–C) groups is 1. The van der Waals surface area contributed by atoms with E-state index in [1.54, 1.807) is 6.20 Å². The molecule has 0 unspecified atom stereocenters. The summed E-state index contributed by atoms with van der Waals surface area (Å²) in [5.41, 5.74) is 1.92. The Labute approximate surface area is 161 Å². The summed E-state index contributed by atoms with van der Waals surface area (Å²) in [6, 6.07) is 9.75. The SMILES string of the molecule is CCCC(=O)Nc1ccc(CN=C(NCC)NCCCn2cccn2)cc1. The third-order valence-electron chi connectivity index (χ3n) is 3.89. The molecule has 27 heavy (non-hydrogen) atoms. The van der Waals surface area contributed by atoms with E-state index in [2.05, 4.69) is 33.0 Å². The summed E-state index contributed by atoms with van der Waals surface area (Å²) >= 11 is 0. The van der Waals surface area contributed by atoms with Gasteiger partial charge in [0.25, 0.3) is 0 Å². The van der Waals surface area contributed by atoms with Crippen LogP contribution in [-0.4, -0.2) is 34.7 Å². The van der Waals surface area contributed by atoms with Gasteiger partial charge in [0.2, 0.25) is 5.91 Å². The molecule has 0 radical (unpaired) electrons. The lowest BCUT2D eigenvalue weighted by molar-refractivity contribution is -0.116. The predicted molar refractivity (Wildman–Crippen MR) is 110 cm³/mol. The molecule has 0 saturated heterocycles. The molecule has 0 aliphatic carbocycles. The number of guanidine groups is 1. The van der Waals surface area contributed by atoms with Crippen LogP contribution >= 0.6 is 0 Å². The van der Waals surface area contributed by atoms with E-state index in [1.165, 1.54) is 0 Å². The van der Waals surface area contributed by atoms with E-state index in [0.29, 0.717) is 13.0 Å². The third-order valence-corrected chi connectivity index (χ3v) is 3.89. The Bertz CT molecular complexity index is 694. The summed E-state index contributed by atoms with van der Waals surface area (Å²) in [6.45, 7) is 7.15. The molecule has 0 atom stereocenters. The van der Waals surface area contributed by atoms with Crippen LogP contribution in [0.25, 0.3) is 0 Å². The molecule has 0 saturated carbocycles. The van der Waals surface area contributed by atoms with Gasteiger partial charge in [-0.3, -0.25) is 9.48 Å². The number of rotatable bonds is 10. The molecule has 146 valence electrons. The van der Waals surface area contributed by atoms with Gasteiger partial charge in [0, 0.05) is 44.1 Å². The minimum Gasteiger partial charge on any atom is -0.357 e. The van der Waals surface area contributed by atoms with Crippen molar-refractivity contribution in [3.05, 3.63) is 48.3 Å². The van der Waals surface area contributed by atoms with Crippen molar-refractivity contribution in [2.75, 3.05) is 18.4 Å². The van der Waals surface area contributed by atoms with Crippen molar-refractivity contribution < 1.29 is 4.79 Å². The van der Waals surface area contributed by atoms with Crippen LogP contribution in [0.2, 0.25) is 0 Å². The highest BCUT2D eigenvalue weighted by Gasteiger charge is 2.01. The van der Waals surface area contributed by atoms with E-state index in [1.807, 2.05) is 48.1 Å². The standard InChI is InChI=1S/C20H30N6O/c1-3-7-19(27)25-18-10-8-17(9-11-18)16-23-20(21-4-2)22-12-5-14-26-15-6-13-24-26/h6,8-11,13,15H,3-5,7,12,14,16H2,1-2H3,(H,25,27)(H2,21,22,23). The molecule has 1 heterocycles. The van der Waals surface area contributed by atoms with E-state index >= 15 is 0 Å². The van der Waals surface area contributed by atoms with Gasteiger partial charge in [-0.2, -0.15) is 5.10 Å². The number of hydrogen-bond acceptors (Lipinski definition) is 3. The molecule has 0 bridgehead atoms. The number of anilines is 1. The van der Waals surface area contributed by atoms with Crippen LogP contribution in [0.15, 0.2) is 47.7 Å². The second-order valence-corrected chi connectivity index (χ2v) is 6.24. The summed E-state index contributed by atoms with van der Waals surface area (Å²) in [6.07, 6.45) is 6.12. The number of nitrogens with zero attached hydrogens (tertiary/aromatic N) is 3. The number of hydrogen-bond donors (Lipinski definition) is 3. The van der Waals surface area contributed by atoms with Crippen LogP contribution in [0, 0.1) is 0 Å². The Morgan fingerprint density at radius 1 is 1.19 bits per heavy atom. The van der Waals surface area contributed by atoms with Crippen LogP contribution in [0.5, 0.6) is 0 Å². The molecule has 7 heteroatoms. The van der Waals surface area contributed by atoms with Crippen molar-refractivity contribution >= 4 is 17.6 Å². The molecule has 2 aromatic rings. The zero-order valence-corrected chi connectivity index (χ0v) is 16.2. The van der Waals surface area contributed by atoms with Crippen LogP contribution in [-0.2, 0) is 17.9 Å². The van der Waals surface area contributed by atoms with Gasteiger partial charge < -0.3 is 16.0 Å². The smallest absolute Gasteiger partial charge is 0.224 e. The minimum absolute atomic E-state index is 0.0528. The maximum absolute atomic E-state index is 11.6. The van der Waals surface area contributed by atoms with Crippen molar-refractivity contribution in [2.45, 2.75) is 46.2 Å². The van der Waals surface area contributed by atoms with Gasteiger partial charge in [-0.25, -0.2) is 4.99 Å². The summed E-state index contributed by atoms with van der Waals surface area (Å²) in [4.78, 5) is 16.3. The fraction of sp³-hybridized carbons (Fsp3) is 0.450. The summed E-state index contributed by atoms with van der Waals surface area (Å²) in [5, 5.41) is 13.7. The number of carbonyl (C=O) groups is 1. The van der Waals surface area contributed by atoms with Crippen molar-refractivity contribution in [1.82, 2.24) is 20.4 Å². The first-order chi connectivity index (χ1) is 13.2. The monoisotopic (exact) mass is 370 g/mol. The van der Waals surface area contributed by atoms with Gasteiger partial charge >= 0.3 is 0 Å². The second kappa shape index (κ2) is 11.7. The van der Waals surface area contributed by atoms with Crippen LogP contribution < -0.4 is 16.0 Å². The van der Waals surface area contributed by atoms with Crippen molar-refractivity contribution in [2.24, 2.45) is 4.99 Å². The maximum atomic E-state index is 11.6. The van der Waals surface area contributed by atoms with Gasteiger partial charge in [-0.05, 0) is 43.5 Å². The molecule has 1 aromatic heterocycles. The Balaban J connectivity index is 1.79. The quantitative estimate of drug-likeness (QED) is 0.341. The zero-order valence-electron chi connectivity index (χ0n) is 16.2. The Kier molecular flexibility index (Phi) is 8.89. The number of aromatic nitrogens is 2. The first kappa shape index (κ1) is 20.5. The lowest BCUT2D eigenvalue weighted by atomic mass is 10.2. The molecule has 7 nitrogen and oxygen atoms in total. The Hall–Kier alpha value is -2.83. The number of amides is 1. The number of nitrogens with one attached hydrogen (secondary N) is 3. The molecule has 2 rings (SSSR count). The average Bonchev–Trinajstić information content (AvgIpc) is 3.18. The summed E-state index contributed by atoms with van der Waals surface area (Å²) < 4.78 is 1.92. The van der Waals surface area contributed by atoms with Gasteiger partial charge in [0.15, 0.2) is 5.96 Å². The van der Waals surface area contributed by atoms with Crippen LogP contribution in [0.1, 0.15) is 38.7 Å². The van der Waals surface area contributed by atoms with E-state index in [-0.39, 0.29) is 5.91 Å². The molecule has 0 spiro atoms. The van der Waals surface area contributed by atoms with E-state index in [0.717, 1.165) is 49.7 Å². The Morgan fingerprint density at radius 3 is 2.67 bits per heavy atom. The lowest BCUT2D eigenvalue weighted by Crippen LogP contribution is -2.38. The predicted octanol–water partition coefficient (Wildman–Crippen LogP) is 2.77. The first-order valence-corrected chi connectivity index (χ1v) is 9.59. The Morgan fingerprint density at radius 2 is 2.00 bits per heavy atom. The largest absolute Gasteiger partial charge is 0.357 e. The molecule has 0 aliphatic rings. The van der Waals surface area contributed by atoms with E-state index < -0.39 is 0 Å². The molecule has 1 aromatic carbocycles. The molecule has 0 fully saturated rings. The second-order valence-electron chi connectivity index (χ2n) is 6.24. The fourth-order valence-corrected chi connectivity index (χ4v) is 2.54. The summed E-state index contributed by atoms with van der Waals surface area (Å²) in [5.74, 6) is 0.857.